The van der Waals surface area contributed by atoms with Crippen molar-refractivity contribution in [2.45, 2.75) is 6.92 Å². The fourth-order valence-corrected chi connectivity index (χ4v) is 2.58. The molecular formula is C13H10N2OS. The molecule has 3 nitrogen and oxygen atoms in total. The van der Waals surface area contributed by atoms with Gasteiger partial charge >= 0.3 is 0 Å². The van der Waals surface area contributed by atoms with Crippen LogP contribution in [0.2, 0.25) is 0 Å². The largest absolute Gasteiger partial charge is 0.306 e. The average Bonchev–Trinajstić information content (AvgIpc) is 2.93. The molecule has 0 N–H and O–H groups in total. The van der Waals surface area contributed by atoms with Crippen molar-refractivity contribution in [3.8, 4) is 10.6 Å². The second kappa shape index (κ2) is 3.82. The van der Waals surface area contributed by atoms with E-state index in [9.17, 15) is 4.79 Å². The summed E-state index contributed by atoms with van der Waals surface area (Å²) in [7, 11) is 0. The number of aldehydes is 1. The summed E-state index contributed by atoms with van der Waals surface area (Å²) in [6.45, 7) is 2.08. The maximum Gasteiger partial charge on any atom is 0.150 e. The predicted molar refractivity (Wildman–Crippen MR) is 68.6 cm³/mol. The Morgan fingerprint density at radius 2 is 2.24 bits per heavy atom. The van der Waals surface area contributed by atoms with Gasteiger partial charge in [0.2, 0.25) is 0 Å². The van der Waals surface area contributed by atoms with E-state index in [0.29, 0.717) is 5.56 Å². The van der Waals surface area contributed by atoms with Gasteiger partial charge in [-0.2, -0.15) is 0 Å². The summed E-state index contributed by atoms with van der Waals surface area (Å²) in [6, 6.07) is 7.73. The molecule has 0 fully saturated rings. The van der Waals surface area contributed by atoms with Gasteiger partial charge in [-0.1, -0.05) is 0 Å². The Morgan fingerprint density at radius 1 is 1.35 bits per heavy atom. The number of carbonyl (C=O) groups is 1. The monoisotopic (exact) mass is 242 g/mol. The van der Waals surface area contributed by atoms with Gasteiger partial charge in [-0.15, -0.1) is 11.3 Å². The molecule has 4 heteroatoms. The Balaban J connectivity index is 2.16. The fraction of sp³-hybridized carbons (Fsp3) is 0.0769. The van der Waals surface area contributed by atoms with Gasteiger partial charge in [0.1, 0.15) is 11.9 Å². The number of aryl methyl sites for hydroxylation is 1. The first kappa shape index (κ1) is 10.2. The van der Waals surface area contributed by atoms with Crippen LogP contribution in [0, 0.1) is 6.92 Å². The predicted octanol–water partition coefficient (Wildman–Crippen LogP) is 3.18. The minimum Gasteiger partial charge on any atom is -0.306 e. The highest BCUT2D eigenvalue weighted by Gasteiger charge is 2.06. The lowest BCUT2D eigenvalue weighted by molar-refractivity contribution is 0.112. The number of carbonyl (C=O) groups excluding carboxylic acids is 1. The number of hydrogen-bond acceptors (Lipinski definition) is 3. The first-order valence-corrected chi connectivity index (χ1v) is 6.09. The second-order valence-corrected chi connectivity index (χ2v) is 5.17. The van der Waals surface area contributed by atoms with Gasteiger partial charge in [0.15, 0.2) is 0 Å². The molecule has 0 bridgehead atoms. The molecule has 0 radical (unpaired) electrons. The number of thiophene rings is 1. The maximum absolute atomic E-state index is 10.7. The number of aromatic nitrogens is 2. The van der Waals surface area contributed by atoms with E-state index in [1.165, 1.54) is 4.88 Å². The van der Waals surface area contributed by atoms with Gasteiger partial charge in [-0.05, 0) is 31.2 Å². The Morgan fingerprint density at radius 3 is 2.94 bits per heavy atom. The first-order valence-electron chi connectivity index (χ1n) is 5.27. The summed E-state index contributed by atoms with van der Waals surface area (Å²) in [5.41, 5.74) is 2.40. The van der Waals surface area contributed by atoms with E-state index in [4.69, 9.17) is 0 Å². The zero-order valence-corrected chi connectivity index (χ0v) is 10.1. The van der Waals surface area contributed by atoms with E-state index < -0.39 is 0 Å². The van der Waals surface area contributed by atoms with Crippen LogP contribution in [0.4, 0.5) is 0 Å². The normalized spacial score (nSPS) is 10.9. The number of pyridine rings is 1. The number of fused-ring (bicyclic) bond motifs is 1. The molecular weight excluding hydrogens is 232 g/mol. The summed E-state index contributed by atoms with van der Waals surface area (Å²) in [4.78, 5) is 17.6. The Kier molecular flexibility index (Phi) is 2.30. The average molecular weight is 242 g/mol. The summed E-state index contributed by atoms with van der Waals surface area (Å²) >= 11 is 1.72. The van der Waals surface area contributed by atoms with Crippen molar-refractivity contribution in [3.63, 3.8) is 0 Å². The van der Waals surface area contributed by atoms with Gasteiger partial charge in [-0.25, -0.2) is 4.98 Å². The van der Waals surface area contributed by atoms with Crippen LogP contribution in [-0.2, 0) is 0 Å². The Bertz CT molecular complexity index is 696. The molecule has 0 aliphatic heterocycles. The van der Waals surface area contributed by atoms with Gasteiger partial charge in [0.25, 0.3) is 0 Å². The first-order chi connectivity index (χ1) is 8.26. The third-order valence-electron chi connectivity index (χ3n) is 2.61. The molecule has 3 aromatic heterocycles. The van der Waals surface area contributed by atoms with Crippen molar-refractivity contribution in [1.29, 1.82) is 0 Å². The maximum atomic E-state index is 10.7. The van der Waals surface area contributed by atoms with Gasteiger partial charge in [0, 0.05) is 22.8 Å². The minimum atomic E-state index is 0.650. The minimum absolute atomic E-state index is 0.650. The van der Waals surface area contributed by atoms with Crippen LogP contribution in [0.15, 0.2) is 36.7 Å². The number of hydrogen-bond donors (Lipinski definition) is 0. The lowest BCUT2D eigenvalue weighted by Gasteiger charge is -1.91. The molecule has 0 amide bonds. The van der Waals surface area contributed by atoms with Crippen LogP contribution in [0.1, 0.15) is 15.2 Å². The Labute approximate surface area is 102 Å². The fourth-order valence-electron chi connectivity index (χ4n) is 1.76. The summed E-state index contributed by atoms with van der Waals surface area (Å²) in [5, 5.41) is 0. The van der Waals surface area contributed by atoms with Crippen molar-refractivity contribution in [1.82, 2.24) is 9.38 Å². The van der Waals surface area contributed by atoms with E-state index >= 15 is 0 Å². The van der Waals surface area contributed by atoms with Crippen LogP contribution in [-0.4, -0.2) is 15.7 Å². The second-order valence-electron chi connectivity index (χ2n) is 3.88. The van der Waals surface area contributed by atoms with Crippen molar-refractivity contribution in [3.05, 3.63) is 47.1 Å². The number of nitrogens with zero attached hydrogens (tertiary/aromatic N) is 2. The zero-order valence-electron chi connectivity index (χ0n) is 9.25. The summed E-state index contributed by atoms with van der Waals surface area (Å²) in [5.74, 6) is 0. The molecule has 0 saturated carbocycles. The molecule has 3 heterocycles. The lowest BCUT2D eigenvalue weighted by atomic mass is 10.3. The van der Waals surface area contributed by atoms with E-state index in [-0.39, 0.29) is 0 Å². The molecule has 0 saturated heterocycles. The van der Waals surface area contributed by atoms with Crippen LogP contribution in [0.3, 0.4) is 0 Å². The highest BCUT2D eigenvalue weighted by Crippen LogP contribution is 2.27. The molecule has 17 heavy (non-hydrogen) atoms. The molecule has 3 aromatic rings. The molecule has 0 unspecified atom stereocenters. The molecule has 0 aliphatic rings. The van der Waals surface area contributed by atoms with Crippen molar-refractivity contribution >= 4 is 23.3 Å². The smallest absolute Gasteiger partial charge is 0.150 e. The van der Waals surface area contributed by atoms with Crippen LogP contribution in [0.25, 0.3) is 16.2 Å². The molecule has 0 atom stereocenters. The van der Waals surface area contributed by atoms with Crippen molar-refractivity contribution in [2.75, 3.05) is 0 Å². The SMILES string of the molecule is Cc1ccc(-c2cn3ccc(C=O)cc3n2)s1. The lowest BCUT2D eigenvalue weighted by Crippen LogP contribution is -1.85. The van der Waals surface area contributed by atoms with Crippen molar-refractivity contribution < 1.29 is 4.79 Å². The van der Waals surface area contributed by atoms with E-state index in [0.717, 1.165) is 22.5 Å². The van der Waals surface area contributed by atoms with Gasteiger partial charge in [0.05, 0.1) is 10.6 Å². The highest BCUT2D eigenvalue weighted by atomic mass is 32.1. The molecule has 0 spiro atoms. The Hall–Kier alpha value is -1.94. The molecule has 3 rings (SSSR count). The van der Waals surface area contributed by atoms with Gasteiger partial charge < -0.3 is 4.40 Å². The quantitative estimate of drug-likeness (QED) is 0.647. The highest BCUT2D eigenvalue weighted by molar-refractivity contribution is 7.15. The summed E-state index contributed by atoms with van der Waals surface area (Å²) in [6.07, 6.45) is 4.68. The zero-order chi connectivity index (χ0) is 11.8. The van der Waals surface area contributed by atoms with Crippen LogP contribution in [0.5, 0.6) is 0 Å². The van der Waals surface area contributed by atoms with E-state index in [2.05, 4.69) is 24.0 Å². The molecule has 84 valence electrons. The molecule has 0 aliphatic carbocycles. The van der Waals surface area contributed by atoms with E-state index in [1.807, 2.05) is 16.8 Å². The number of rotatable bonds is 2. The van der Waals surface area contributed by atoms with Crippen LogP contribution >= 0.6 is 11.3 Å². The van der Waals surface area contributed by atoms with Crippen LogP contribution < -0.4 is 0 Å². The van der Waals surface area contributed by atoms with Gasteiger partial charge in [-0.3, -0.25) is 4.79 Å². The summed E-state index contributed by atoms with van der Waals surface area (Å²) < 4.78 is 1.93. The third-order valence-corrected chi connectivity index (χ3v) is 3.64. The molecule has 0 aromatic carbocycles. The van der Waals surface area contributed by atoms with E-state index in [1.54, 1.807) is 23.5 Å². The van der Waals surface area contributed by atoms with Crippen molar-refractivity contribution in [2.24, 2.45) is 0 Å². The number of imidazole rings is 1. The third kappa shape index (κ3) is 1.76. The standard InChI is InChI=1S/C13H10N2OS/c1-9-2-3-12(17-9)11-7-15-5-4-10(8-16)6-13(15)14-11/h2-8H,1H3. The topological polar surface area (TPSA) is 34.4 Å².